The van der Waals surface area contributed by atoms with Gasteiger partial charge >= 0.3 is 0 Å². The van der Waals surface area contributed by atoms with E-state index in [0.29, 0.717) is 37.3 Å². The van der Waals surface area contributed by atoms with Gasteiger partial charge in [-0.15, -0.1) is 0 Å². The van der Waals surface area contributed by atoms with E-state index in [4.69, 9.17) is 10.00 Å². The second kappa shape index (κ2) is 8.49. The van der Waals surface area contributed by atoms with Gasteiger partial charge in [-0.3, -0.25) is 9.89 Å². The van der Waals surface area contributed by atoms with Gasteiger partial charge < -0.3 is 9.64 Å². The molecule has 1 aliphatic carbocycles. The summed E-state index contributed by atoms with van der Waals surface area (Å²) in [6.45, 7) is 8.04. The number of aromatic nitrogens is 2. The van der Waals surface area contributed by atoms with Crippen LogP contribution >= 0.6 is 0 Å². The van der Waals surface area contributed by atoms with E-state index >= 15 is 0 Å². The minimum atomic E-state index is 0.0631. The minimum Gasteiger partial charge on any atom is -0.372 e. The SMILES string of the molecule is Cc1cc(C)c(-c2[nH]nc(COC3CC3)c2C)cc1C(=O)N1CC(c2ccc(C#N)cc2)C1. The average Bonchev–Trinajstić information content (AvgIpc) is 3.54. The van der Waals surface area contributed by atoms with Crippen LogP contribution in [0, 0.1) is 32.1 Å². The number of H-pyrrole nitrogens is 1. The summed E-state index contributed by atoms with van der Waals surface area (Å²) in [7, 11) is 0. The molecule has 0 atom stereocenters. The van der Waals surface area contributed by atoms with E-state index < -0.39 is 0 Å². The largest absolute Gasteiger partial charge is 0.372 e. The first-order chi connectivity index (χ1) is 15.9. The Morgan fingerprint density at radius 1 is 1.15 bits per heavy atom. The summed E-state index contributed by atoms with van der Waals surface area (Å²) in [5.41, 5.74) is 8.63. The number of benzene rings is 2. The van der Waals surface area contributed by atoms with Crippen LogP contribution in [0.5, 0.6) is 0 Å². The fourth-order valence-corrected chi connectivity index (χ4v) is 4.48. The highest BCUT2D eigenvalue weighted by Gasteiger charge is 2.33. The molecule has 168 valence electrons. The number of ether oxygens (including phenoxy) is 1. The Morgan fingerprint density at radius 3 is 2.55 bits per heavy atom. The topological polar surface area (TPSA) is 82.0 Å². The Labute approximate surface area is 194 Å². The predicted molar refractivity (Wildman–Crippen MR) is 126 cm³/mol. The zero-order valence-corrected chi connectivity index (χ0v) is 19.3. The van der Waals surface area contributed by atoms with Gasteiger partial charge in [-0.05, 0) is 68.5 Å². The molecule has 1 saturated carbocycles. The normalized spacial score (nSPS) is 15.9. The maximum absolute atomic E-state index is 13.3. The molecule has 1 saturated heterocycles. The van der Waals surface area contributed by atoms with Gasteiger partial charge in [-0.2, -0.15) is 10.4 Å². The van der Waals surface area contributed by atoms with Crippen molar-refractivity contribution in [3.8, 4) is 17.3 Å². The first kappa shape index (κ1) is 21.4. The van der Waals surface area contributed by atoms with Gasteiger partial charge in [0.2, 0.25) is 0 Å². The van der Waals surface area contributed by atoms with Gasteiger partial charge in [-0.1, -0.05) is 18.2 Å². The predicted octanol–water partition coefficient (Wildman–Crippen LogP) is 4.79. The van der Waals surface area contributed by atoms with E-state index in [1.165, 1.54) is 5.56 Å². The van der Waals surface area contributed by atoms with Crippen molar-refractivity contribution in [1.82, 2.24) is 15.1 Å². The lowest BCUT2D eigenvalue weighted by Crippen LogP contribution is -2.48. The van der Waals surface area contributed by atoms with Gasteiger partial charge in [0.05, 0.1) is 35.7 Å². The number of carbonyl (C=O) groups excluding carboxylic acids is 1. The van der Waals surface area contributed by atoms with Gasteiger partial charge in [-0.25, -0.2) is 0 Å². The fraction of sp³-hybridized carbons (Fsp3) is 0.370. The number of hydrogen-bond donors (Lipinski definition) is 1. The first-order valence-corrected chi connectivity index (χ1v) is 11.5. The summed E-state index contributed by atoms with van der Waals surface area (Å²) in [6.07, 6.45) is 2.67. The van der Waals surface area contributed by atoms with Crippen molar-refractivity contribution in [2.75, 3.05) is 13.1 Å². The van der Waals surface area contributed by atoms with Crippen LogP contribution in [0.3, 0.4) is 0 Å². The minimum absolute atomic E-state index is 0.0631. The van der Waals surface area contributed by atoms with Crippen LogP contribution in [0.25, 0.3) is 11.3 Å². The zero-order chi connectivity index (χ0) is 23.1. The Morgan fingerprint density at radius 2 is 1.88 bits per heavy atom. The molecule has 3 aromatic rings. The number of carbonyl (C=O) groups is 1. The summed E-state index contributed by atoms with van der Waals surface area (Å²) < 4.78 is 5.83. The van der Waals surface area contributed by atoms with Crippen LogP contribution in [-0.2, 0) is 11.3 Å². The molecule has 5 rings (SSSR count). The molecular weight excluding hydrogens is 412 g/mol. The summed E-state index contributed by atoms with van der Waals surface area (Å²) in [5.74, 6) is 0.379. The number of aromatic amines is 1. The van der Waals surface area contributed by atoms with Gasteiger partial charge in [0.25, 0.3) is 5.91 Å². The van der Waals surface area contributed by atoms with E-state index in [1.54, 1.807) is 0 Å². The molecule has 6 heteroatoms. The third-order valence-electron chi connectivity index (χ3n) is 6.84. The highest BCUT2D eigenvalue weighted by molar-refractivity contribution is 5.98. The molecule has 6 nitrogen and oxygen atoms in total. The van der Waals surface area contributed by atoms with Crippen LogP contribution in [-0.4, -0.2) is 40.2 Å². The molecule has 2 aromatic carbocycles. The van der Waals surface area contributed by atoms with Crippen LogP contribution < -0.4 is 0 Å². The van der Waals surface area contributed by atoms with Crippen molar-refractivity contribution in [1.29, 1.82) is 5.26 Å². The Hall–Kier alpha value is -3.43. The van der Waals surface area contributed by atoms with E-state index in [0.717, 1.165) is 52.0 Å². The summed E-state index contributed by atoms with van der Waals surface area (Å²) in [6, 6.07) is 13.9. The number of nitrogens with zero attached hydrogens (tertiary/aromatic N) is 3. The van der Waals surface area contributed by atoms with Crippen molar-refractivity contribution in [2.45, 2.75) is 52.2 Å². The van der Waals surface area contributed by atoms with E-state index in [2.05, 4.69) is 36.2 Å². The first-order valence-electron chi connectivity index (χ1n) is 11.5. The molecule has 2 heterocycles. The van der Waals surface area contributed by atoms with Crippen LogP contribution in [0.4, 0.5) is 0 Å². The van der Waals surface area contributed by atoms with Crippen LogP contribution in [0.15, 0.2) is 36.4 Å². The van der Waals surface area contributed by atoms with Crippen molar-refractivity contribution in [2.24, 2.45) is 0 Å². The molecule has 0 radical (unpaired) electrons. The number of aryl methyl sites for hydroxylation is 2. The smallest absolute Gasteiger partial charge is 0.254 e. The van der Waals surface area contributed by atoms with Crippen LogP contribution in [0.1, 0.15) is 62.6 Å². The molecule has 1 aliphatic heterocycles. The maximum atomic E-state index is 13.3. The molecule has 1 N–H and O–H groups in total. The Bertz CT molecular complexity index is 1240. The summed E-state index contributed by atoms with van der Waals surface area (Å²) in [5, 5.41) is 16.6. The van der Waals surface area contributed by atoms with Gasteiger partial charge in [0.1, 0.15) is 0 Å². The fourth-order valence-electron chi connectivity index (χ4n) is 4.48. The van der Waals surface area contributed by atoms with Crippen molar-refractivity contribution < 1.29 is 9.53 Å². The number of amides is 1. The quantitative estimate of drug-likeness (QED) is 0.597. The van der Waals surface area contributed by atoms with Crippen LogP contribution in [0.2, 0.25) is 0 Å². The highest BCUT2D eigenvalue weighted by atomic mass is 16.5. The number of likely N-dealkylation sites (tertiary alicyclic amines) is 1. The molecule has 0 spiro atoms. The third kappa shape index (κ3) is 4.17. The standard InChI is InChI=1S/C27H28N4O2/c1-16-10-17(2)24(11-23(16)26-18(3)25(29-30-26)15-33-22-8-9-22)27(32)31-13-21(14-31)20-6-4-19(12-28)5-7-20/h4-7,10-11,21-22H,8-9,13-15H2,1-3H3,(H,29,30). The van der Waals surface area contributed by atoms with Gasteiger partial charge in [0, 0.05) is 35.7 Å². The number of nitrogens with one attached hydrogen (secondary N) is 1. The van der Waals surface area contributed by atoms with E-state index in [1.807, 2.05) is 42.2 Å². The average molecular weight is 441 g/mol. The molecule has 1 aromatic heterocycles. The lowest BCUT2D eigenvalue weighted by atomic mass is 9.89. The lowest BCUT2D eigenvalue weighted by molar-refractivity contribution is 0.0601. The van der Waals surface area contributed by atoms with Crippen molar-refractivity contribution in [3.63, 3.8) is 0 Å². The Kier molecular flexibility index (Phi) is 5.51. The molecule has 2 aliphatic rings. The number of hydrogen-bond acceptors (Lipinski definition) is 4. The summed E-state index contributed by atoms with van der Waals surface area (Å²) in [4.78, 5) is 15.2. The zero-order valence-electron chi connectivity index (χ0n) is 19.3. The monoisotopic (exact) mass is 440 g/mol. The lowest BCUT2D eigenvalue weighted by Gasteiger charge is -2.40. The second-order valence-electron chi connectivity index (χ2n) is 9.30. The summed E-state index contributed by atoms with van der Waals surface area (Å²) >= 11 is 0. The molecular formula is C27H28N4O2. The Balaban J connectivity index is 1.33. The molecule has 2 fully saturated rings. The number of rotatable bonds is 6. The molecule has 33 heavy (non-hydrogen) atoms. The molecule has 0 unspecified atom stereocenters. The third-order valence-corrected chi connectivity index (χ3v) is 6.84. The highest BCUT2D eigenvalue weighted by Crippen LogP contribution is 2.33. The van der Waals surface area contributed by atoms with Gasteiger partial charge in [0.15, 0.2) is 0 Å². The van der Waals surface area contributed by atoms with E-state index in [-0.39, 0.29) is 5.91 Å². The second-order valence-corrected chi connectivity index (χ2v) is 9.30. The van der Waals surface area contributed by atoms with Crippen molar-refractivity contribution >= 4 is 5.91 Å². The number of nitriles is 1. The van der Waals surface area contributed by atoms with Crippen molar-refractivity contribution in [3.05, 3.63) is 75.5 Å². The van der Waals surface area contributed by atoms with E-state index in [9.17, 15) is 4.79 Å². The maximum Gasteiger partial charge on any atom is 0.254 e. The molecule has 1 amide bonds. The molecule has 0 bridgehead atoms.